The van der Waals surface area contributed by atoms with E-state index < -0.39 is 47.6 Å². The van der Waals surface area contributed by atoms with Crippen LogP contribution in [0.1, 0.15) is 41.7 Å². The molecule has 2 aromatic heterocycles. The van der Waals surface area contributed by atoms with E-state index in [9.17, 15) is 32.3 Å². The molecule has 1 amide bonds. The van der Waals surface area contributed by atoms with Crippen LogP contribution in [0.4, 0.5) is 29.1 Å². The SMILES string of the molecule is Cc1cc(Nc2ncnc3ccc(F)cc23)c(=O)n2c1C(=O)NC21CCC(O)(C(F)(F)F)CC1. The van der Waals surface area contributed by atoms with Crippen molar-refractivity contribution in [3.63, 3.8) is 0 Å². The van der Waals surface area contributed by atoms with Crippen molar-refractivity contribution in [1.82, 2.24) is 19.9 Å². The highest BCUT2D eigenvalue weighted by Crippen LogP contribution is 2.47. The third-order valence-corrected chi connectivity index (χ3v) is 6.66. The highest BCUT2D eigenvalue weighted by Gasteiger charge is 2.59. The van der Waals surface area contributed by atoms with E-state index in [0.29, 0.717) is 16.5 Å². The lowest BCUT2D eigenvalue weighted by Crippen LogP contribution is -2.57. The van der Waals surface area contributed by atoms with Gasteiger partial charge in [-0.1, -0.05) is 0 Å². The monoisotopic (exact) mass is 477 g/mol. The van der Waals surface area contributed by atoms with E-state index in [4.69, 9.17) is 0 Å². The molecule has 5 rings (SSSR count). The molecule has 1 aliphatic carbocycles. The second-order valence-corrected chi connectivity index (χ2v) is 8.75. The Hall–Kier alpha value is -3.54. The predicted molar refractivity (Wildman–Crippen MR) is 113 cm³/mol. The summed E-state index contributed by atoms with van der Waals surface area (Å²) >= 11 is 0. The Balaban J connectivity index is 1.59. The quantitative estimate of drug-likeness (QED) is 0.489. The van der Waals surface area contributed by atoms with Crippen LogP contribution in [0, 0.1) is 12.7 Å². The first kappa shape index (κ1) is 22.3. The first-order valence-electron chi connectivity index (χ1n) is 10.5. The van der Waals surface area contributed by atoms with Crippen LogP contribution in [-0.2, 0) is 5.66 Å². The fourth-order valence-electron chi connectivity index (χ4n) is 4.82. The molecule has 1 fully saturated rings. The van der Waals surface area contributed by atoms with Gasteiger partial charge in [0.15, 0.2) is 5.60 Å². The van der Waals surface area contributed by atoms with Gasteiger partial charge in [-0.05, 0) is 62.4 Å². The number of carbonyl (C=O) groups excluding carboxylic acids is 1. The molecule has 2 aliphatic rings. The minimum atomic E-state index is -4.83. The Bertz CT molecular complexity index is 1390. The smallest absolute Gasteiger partial charge is 0.380 e. The molecule has 3 aromatic rings. The molecule has 0 saturated heterocycles. The number of nitrogens with zero attached hydrogens (tertiary/aromatic N) is 3. The number of benzene rings is 1. The van der Waals surface area contributed by atoms with Crippen LogP contribution < -0.4 is 16.2 Å². The van der Waals surface area contributed by atoms with Gasteiger partial charge < -0.3 is 15.7 Å². The van der Waals surface area contributed by atoms with Crippen LogP contribution >= 0.6 is 0 Å². The molecule has 1 saturated carbocycles. The van der Waals surface area contributed by atoms with Gasteiger partial charge >= 0.3 is 6.18 Å². The molecule has 1 aliphatic heterocycles. The molecular weight excluding hydrogens is 458 g/mol. The zero-order valence-electron chi connectivity index (χ0n) is 17.8. The number of hydrogen-bond donors (Lipinski definition) is 3. The summed E-state index contributed by atoms with van der Waals surface area (Å²) in [5.74, 6) is -0.948. The zero-order valence-corrected chi connectivity index (χ0v) is 17.8. The van der Waals surface area contributed by atoms with Crippen LogP contribution in [0.25, 0.3) is 10.9 Å². The Kier molecular flexibility index (Phi) is 4.73. The summed E-state index contributed by atoms with van der Waals surface area (Å²) in [5.41, 5.74) is -4.03. The second kappa shape index (κ2) is 7.23. The van der Waals surface area contributed by atoms with Crippen LogP contribution in [0.5, 0.6) is 0 Å². The van der Waals surface area contributed by atoms with Gasteiger partial charge in [0, 0.05) is 5.39 Å². The molecule has 3 N–H and O–H groups in total. The maximum Gasteiger partial charge on any atom is 0.417 e. The number of amides is 1. The van der Waals surface area contributed by atoms with Gasteiger partial charge in [0.05, 0.1) is 5.52 Å². The number of nitrogens with one attached hydrogen (secondary N) is 2. The van der Waals surface area contributed by atoms with E-state index in [1.54, 1.807) is 6.92 Å². The molecule has 34 heavy (non-hydrogen) atoms. The van der Waals surface area contributed by atoms with E-state index in [2.05, 4.69) is 20.6 Å². The molecule has 0 unspecified atom stereocenters. The highest BCUT2D eigenvalue weighted by atomic mass is 19.4. The van der Waals surface area contributed by atoms with Crippen LogP contribution in [0.3, 0.4) is 0 Å². The lowest BCUT2D eigenvalue weighted by Gasteiger charge is -2.43. The number of halogens is 4. The number of aromatic nitrogens is 3. The summed E-state index contributed by atoms with van der Waals surface area (Å²) < 4.78 is 55.0. The molecule has 1 spiro atoms. The van der Waals surface area contributed by atoms with Crippen molar-refractivity contribution in [3.8, 4) is 0 Å². The topological polar surface area (TPSA) is 109 Å². The minimum Gasteiger partial charge on any atom is -0.380 e. The van der Waals surface area contributed by atoms with Crippen molar-refractivity contribution in [2.24, 2.45) is 0 Å². The number of aryl methyl sites for hydroxylation is 1. The number of fused-ring (bicyclic) bond motifs is 3. The molecule has 12 heteroatoms. The van der Waals surface area contributed by atoms with E-state index in [0.717, 1.165) is 0 Å². The van der Waals surface area contributed by atoms with Crippen molar-refractivity contribution in [2.75, 3.05) is 5.32 Å². The maximum atomic E-state index is 13.8. The standard InChI is InChI=1S/C22H19F4N5O3/c1-11-8-15(29-17-13-9-12(23)2-3-14(13)27-10-28-17)19(33)31-16(11)18(32)30-21(31)6-4-20(34,5-7-21)22(24,25)26/h2-3,8-10,34H,4-7H2,1H3,(H,30,32)(H,27,28,29). The number of rotatable bonds is 2. The summed E-state index contributed by atoms with van der Waals surface area (Å²) in [6, 6.07) is 5.34. The van der Waals surface area contributed by atoms with Crippen LogP contribution in [-0.4, -0.2) is 37.3 Å². The third kappa shape index (κ3) is 3.23. The first-order valence-corrected chi connectivity index (χ1v) is 10.5. The van der Waals surface area contributed by atoms with Gasteiger partial charge in [0.25, 0.3) is 11.5 Å². The van der Waals surface area contributed by atoms with Gasteiger partial charge in [-0.25, -0.2) is 14.4 Å². The summed E-state index contributed by atoms with van der Waals surface area (Å²) in [4.78, 5) is 34.4. The number of hydrogen-bond acceptors (Lipinski definition) is 6. The van der Waals surface area contributed by atoms with Gasteiger partial charge in [-0.3, -0.25) is 14.2 Å². The summed E-state index contributed by atoms with van der Waals surface area (Å²) in [6.45, 7) is 1.60. The first-order chi connectivity index (χ1) is 15.9. The van der Waals surface area contributed by atoms with Gasteiger partial charge in [0.1, 0.15) is 35.0 Å². The van der Waals surface area contributed by atoms with Gasteiger partial charge in [0.2, 0.25) is 0 Å². The van der Waals surface area contributed by atoms with Crippen molar-refractivity contribution >= 4 is 28.3 Å². The lowest BCUT2D eigenvalue weighted by molar-refractivity contribution is -0.275. The molecular formula is C22H19F4N5O3. The summed E-state index contributed by atoms with van der Waals surface area (Å²) in [7, 11) is 0. The summed E-state index contributed by atoms with van der Waals surface area (Å²) in [5, 5.41) is 15.9. The van der Waals surface area contributed by atoms with Crippen LogP contribution in [0.15, 0.2) is 35.4 Å². The van der Waals surface area contributed by atoms with Crippen molar-refractivity contribution < 1.29 is 27.5 Å². The molecule has 0 radical (unpaired) electrons. The Morgan fingerprint density at radius 1 is 1.12 bits per heavy atom. The second-order valence-electron chi connectivity index (χ2n) is 8.75. The fourth-order valence-corrected chi connectivity index (χ4v) is 4.82. The van der Waals surface area contributed by atoms with Crippen molar-refractivity contribution in [2.45, 2.75) is 50.0 Å². The Labute approximate surface area is 189 Å². The number of aliphatic hydroxyl groups is 1. The largest absolute Gasteiger partial charge is 0.417 e. The number of carbonyl (C=O) groups is 1. The van der Waals surface area contributed by atoms with E-state index in [1.807, 2.05) is 0 Å². The molecule has 0 atom stereocenters. The third-order valence-electron chi connectivity index (χ3n) is 6.66. The van der Waals surface area contributed by atoms with Crippen LogP contribution in [0.2, 0.25) is 0 Å². The van der Waals surface area contributed by atoms with Crippen molar-refractivity contribution in [1.29, 1.82) is 0 Å². The average molecular weight is 477 g/mol. The lowest BCUT2D eigenvalue weighted by atomic mass is 9.78. The Morgan fingerprint density at radius 3 is 2.50 bits per heavy atom. The molecule has 178 valence electrons. The van der Waals surface area contributed by atoms with E-state index in [-0.39, 0.29) is 30.0 Å². The predicted octanol–water partition coefficient (Wildman–Crippen LogP) is 3.25. The average Bonchev–Trinajstić information content (AvgIpc) is 3.06. The van der Waals surface area contributed by atoms with Crippen molar-refractivity contribution in [3.05, 3.63) is 58.0 Å². The van der Waals surface area contributed by atoms with Gasteiger partial charge in [-0.2, -0.15) is 13.2 Å². The molecule has 8 nitrogen and oxygen atoms in total. The summed E-state index contributed by atoms with van der Waals surface area (Å²) in [6.07, 6.45) is -5.50. The zero-order chi connectivity index (χ0) is 24.5. The molecule has 1 aromatic carbocycles. The Morgan fingerprint density at radius 2 is 1.82 bits per heavy atom. The minimum absolute atomic E-state index is 0.0121. The fraction of sp³-hybridized carbons (Fsp3) is 0.364. The highest BCUT2D eigenvalue weighted by molar-refractivity contribution is 5.97. The molecule has 0 bridgehead atoms. The molecule has 3 heterocycles. The van der Waals surface area contributed by atoms with E-state index in [1.165, 1.54) is 35.2 Å². The number of pyridine rings is 1. The van der Waals surface area contributed by atoms with Gasteiger partial charge in [-0.15, -0.1) is 0 Å². The van der Waals surface area contributed by atoms with E-state index >= 15 is 0 Å². The maximum absolute atomic E-state index is 13.8. The number of anilines is 2. The normalized spacial score (nSPS) is 24.4. The number of alkyl halides is 3.